The van der Waals surface area contributed by atoms with E-state index >= 15 is 0 Å². The Labute approximate surface area is 254 Å². The monoisotopic (exact) mass is 598 g/mol. The molecule has 1 aromatic heterocycles. The summed E-state index contributed by atoms with van der Waals surface area (Å²) < 4.78 is 18.3. The fourth-order valence-electron chi connectivity index (χ4n) is 5.51. The van der Waals surface area contributed by atoms with Gasteiger partial charge in [-0.3, -0.25) is 14.5 Å². The molecule has 222 valence electrons. The third kappa shape index (κ3) is 5.57. The van der Waals surface area contributed by atoms with Crippen molar-refractivity contribution in [3.63, 3.8) is 0 Å². The average molecular weight is 599 g/mol. The van der Waals surface area contributed by atoms with E-state index in [-0.39, 0.29) is 17.4 Å². The first kappa shape index (κ1) is 28.7. The van der Waals surface area contributed by atoms with Gasteiger partial charge in [-0.05, 0) is 85.8 Å². The van der Waals surface area contributed by atoms with Crippen LogP contribution in [-0.2, 0) is 16.0 Å². The Bertz CT molecular complexity index is 1740. The lowest BCUT2D eigenvalue weighted by Crippen LogP contribution is -2.29. The molecule has 3 heterocycles. The number of hydrogen-bond donors (Lipinski definition) is 1. The van der Waals surface area contributed by atoms with Crippen LogP contribution in [0.5, 0.6) is 17.2 Å². The van der Waals surface area contributed by atoms with Crippen LogP contribution in [0.1, 0.15) is 56.8 Å². The van der Waals surface area contributed by atoms with Crippen LogP contribution in [0, 0.1) is 5.92 Å². The Kier molecular flexibility index (Phi) is 7.83. The Morgan fingerprint density at radius 3 is 2.70 bits per heavy atom. The summed E-state index contributed by atoms with van der Waals surface area (Å²) in [4.78, 5) is 33.6. The molecule has 43 heavy (non-hydrogen) atoms. The van der Waals surface area contributed by atoms with Crippen molar-refractivity contribution in [1.82, 2.24) is 4.98 Å². The van der Waals surface area contributed by atoms with Gasteiger partial charge in [0.15, 0.2) is 5.13 Å². The number of Topliss-reactive ketones (excluding diaryl/α,β-unsaturated/α-hetero) is 1. The number of fused-ring (bicyclic) bond motifs is 2. The van der Waals surface area contributed by atoms with Crippen LogP contribution < -0.4 is 19.1 Å². The van der Waals surface area contributed by atoms with Gasteiger partial charge in [0.2, 0.25) is 0 Å². The molecule has 3 aromatic carbocycles. The molecular weight excluding hydrogens is 564 g/mol. The fourth-order valence-corrected chi connectivity index (χ4v) is 6.53. The highest BCUT2D eigenvalue weighted by atomic mass is 32.1. The normalized spacial score (nSPS) is 19.2. The lowest BCUT2D eigenvalue weighted by atomic mass is 9.94. The first-order valence-corrected chi connectivity index (χ1v) is 15.4. The van der Waals surface area contributed by atoms with Crippen molar-refractivity contribution in [1.29, 1.82) is 0 Å². The second-order valence-electron chi connectivity index (χ2n) is 11.3. The van der Waals surface area contributed by atoms with Crippen molar-refractivity contribution in [3.8, 4) is 17.2 Å². The number of anilines is 1. The van der Waals surface area contributed by atoms with Crippen LogP contribution in [0.4, 0.5) is 5.13 Å². The average Bonchev–Trinajstić information content (AvgIpc) is 3.64. The van der Waals surface area contributed by atoms with Gasteiger partial charge in [-0.25, -0.2) is 4.98 Å². The zero-order chi connectivity index (χ0) is 30.2. The molecular formula is C34H34N2O6S. The highest BCUT2D eigenvalue weighted by Crippen LogP contribution is 2.45. The van der Waals surface area contributed by atoms with Crippen molar-refractivity contribution < 1.29 is 28.9 Å². The van der Waals surface area contributed by atoms with Gasteiger partial charge in [0, 0.05) is 12.0 Å². The van der Waals surface area contributed by atoms with E-state index in [9.17, 15) is 14.7 Å². The molecule has 4 aromatic rings. The van der Waals surface area contributed by atoms with Crippen LogP contribution >= 0.6 is 11.3 Å². The predicted molar refractivity (Wildman–Crippen MR) is 167 cm³/mol. The van der Waals surface area contributed by atoms with Crippen molar-refractivity contribution in [2.45, 2.75) is 52.7 Å². The third-order valence-electron chi connectivity index (χ3n) is 7.62. The minimum Gasteiger partial charge on any atom is -0.507 e. The van der Waals surface area contributed by atoms with Crippen molar-refractivity contribution in [3.05, 3.63) is 82.9 Å². The van der Waals surface area contributed by atoms with E-state index < -0.39 is 17.7 Å². The van der Waals surface area contributed by atoms with E-state index in [0.717, 1.165) is 22.4 Å². The van der Waals surface area contributed by atoms with Gasteiger partial charge >= 0.3 is 5.91 Å². The predicted octanol–water partition coefficient (Wildman–Crippen LogP) is 7.07. The first-order chi connectivity index (χ1) is 20.7. The Hall–Kier alpha value is -4.37. The molecule has 8 nitrogen and oxygen atoms in total. The van der Waals surface area contributed by atoms with Gasteiger partial charge in [0.25, 0.3) is 5.78 Å². The Morgan fingerprint density at radius 1 is 1.09 bits per heavy atom. The van der Waals surface area contributed by atoms with Gasteiger partial charge in [0.05, 0.1) is 35.0 Å². The summed E-state index contributed by atoms with van der Waals surface area (Å²) in [6.07, 6.45) is 1.61. The van der Waals surface area contributed by atoms with Crippen LogP contribution in [0.2, 0.25) is 0 Å². The first-order valence-electron chi connectivity index (χ1n) is 14.6. The number of aliphatic hydroxyl groups excluding tert-OH is 1. The molecule has 0 radical (unpaired) electrons. The molecule has 1 N–H and O–H groups in total. The summed E-state index contributed by atoms with van der Waals surface area (Å²) in [5.74, 6) is 0.807. The van der Waals surface area contributed by atoms with E-state index in [4.69, 9.17) is 19.2 Å². The summed E-state index contributed by atoms with van der Waals surface area (Å²) in [7, 11) is 0. The van der Waals surface area contributed by atoms with E-state index in [2.05, 4.69) is 13.8 Å². The number of benzene rings is 3. The standard InChI is InChI=1S/C34H34N2O6S/c1-5-40-25-10-11-26-28(18-25)43-34(35-26)36-30(21-7-6-8-24(17-21)41-14-13-19(2)3)29(32(38)33(36)39)31(37)22-9-12-27-23(16-22)15-20(4)42-27/h6-12,16-20,30,37H,5,13-15H2,1-4H3/b31-29+/t20-,30+/m0/s1. The van der Waals surface area contributed by atoms with Crippen molar-refractivity contribution in [2.75, 3.05) is 18.1 Å². The molecule has 2 aliphatic rings. The molecule has 9 heteroatoms. The molecule has 0 saturated carbocycles. The van der Waals surface area contributed by atoms with Crippen molar-refractivity contribution in [2.24, 2.45) is 5.92 Å². The molecule has 6 rings (SSSR count). The number of aromatic nitrogens is 1. The Balaban J connectivity index is 1.47. The zero-order valence-corrected chi connectivity index (χ0v) is 25.4. The molecule has 0 bridgehead atoms. The summed E-state index contributed by atoms with van der Waals surface area (Å²) in [5.41, 5.74) is 2.72. The number of aliphatic hydroxyl groups is 1. The number of ether oxygens (including phenoxy) is 3. The highest BCUT2D eigenvalue weighted by Gasteiger charge is 2.48. The second-order valence-corrected chi connectivity index (χ2v) is 12.3. The summed E-state index contributed by atoms with van der Waals surface area (Å²) >= 11 is 1.30. The van der Waals surface area contributed by atoms with Crippen molar-refractivity contribution >= 4 is 44.1 Å². The lowest BCUT2D eigenvalue weighted by Gasteiger charge is -2.23. The molecule has 2 aliphatic heterocycles. The molecule has 2 atom stereocenters. The van der Waals surface area contributed by atoms with Gasteiger partial charge < -0.3 is 19.3 Å². The molecule has 0 spiro atoms. The van der Waals surface area contributed by atoms with Gasteiger partial charge in [0.1, 0.15) is 29.1 Å². The number of carbonyl (C=O) groups excluding carboxylic acids is 2. The smallest absolute Gasteiger partial charge is 0.301 e. The topological polar surface area (TPSA) is 98.2 Å². The van der Waals surface area contributed by atoms with Gasteiger partial charge in [-0.1, -0.05) is 37.3 Å². The summed E-state index contributed by atoms with van der Waals surface area (Å²) in [6, 6.07) is 17.3. The maximum atomic E-state index is 13.8. The SMILES string of the molecule is CCOc1ccc2nc(N3C(=O)C(=O)/C(=C(/O)c4ccc5c(c4)C[C@H](C)O5)[C@H]3c3cccc(OCCC(C)C)c3)sc2c1. The van der Waals surface area contributed by atoms with Crippen LogP contribution in [0.3, 0.4) is 0 Å². The third-order valence-corrected chi connectivity index (χ3v) is 8.63. The largest absolute Gasteiger partial charge is 0.507 e. The number of rotatable bonds is 9. The van der Waals surface area contributed by atoms with Crippen LogP contribution in [-0.4, -0.2) is 41.1 Å². The minimum atomic E-state index is -0.913. The van der Waals surface area contributed by atoms with E-state index in [0.29, 0.717) is 58.8 Å². The van der Waals surface area contributed by atoms with E-state index in [1.165, 1.54) is 16.2 Å². The number of ketones is 1. The molecule has 1 amide bonds. The van der Waals surface area contributed by atoms with Gasteiger partial charge in [-0.2, -0.15) is 0 Å². The number of amides is 1. The Morgan fingerprint density at radius 2 is 1.91 bits per heavy atom. The number of nitrogens with zero attached hydrogens (tertiary/aromatic N) is 2. The number of hydrogen-bond acceptors (Lipinski definition) is 8. The molecule has 0 aliphatic carbocycles. The van der Waals surface area contributed by atoms with E-state index in [1.807, 2.05) is 62.4 Å². The fraction of sp³-hybridized carbons (Fsp3) is 0.324. The van der Waals surface area contributed by atoms with E-state index in [1.54, 1.807) is 12.1 Å². The number of carbonyl (C=O) groups is 2. The lowest BCUT2D eigenvalue weighted by molar-refractivity contribution is -0.132. The second kappa shape index (κ2) is 11.7. The highest BCUT2D eigenvalue weighted by molar-refractivity contribution is 7.22. The number of thiazole rings is 1. The zero-order valence-electron chi connectivity index (χ0n) is 24.6. The minimum absolute atomic E-state index is 0.00510. The van der Waals surface area contributed by atoms with Gasteiger partial charge in [-0.15, -0.1) is 0 Å². The molecule has 1 saturated heterocycles. The summed E-state index contributed by atoms with van der Waals surface area (Å²) in [5, 5.41) is 12.0. The molecule has 1 fully saturated rings. The quantitative estimate of drug-likeness (QED) is 0.125. The maximum absolute atomic E-state index is 13.8. The molecule has 0 unspecified atom stereocenters. The summed E-state index contributed by atoms with van der Waals surface area (Å²) in [6.45, 7) is 9.22. The van der Waals surface area contributed by atoms with Crippen LogP contribution in [0.25, 0.3) is 16.0 Å². The maximum Gasteiger partial charge on any atom is 0.301 e. The van der Waals surface area contributed by atoms with Crippen LogP contribution in [0.15, 0.2) is 66.2 Å².